The summed E-state index contributed by atoms with van der Waals surface area (Å²) in [5.41, 5.74) is 3.69. The average Bonchev–Trinajstić information content (AvgIpc) is 2.62. The molecule has 6 heteroatoms. The van der Waals surface area contributed by atoms with Crippen molar-refractivity contribution >= 4 is 18.0 Å². The molecule has 2 rings (SSSR count). The number of rotatable bonds is 6. The van der Waals surface area contributed by atoms with Crippen molar-refractivity contribution in [2.45, 2.75) is 13.0 Å². The van der Waals surface area contributed by atoms with Crippen molar-refractivity contribution in [1.29, 1.82) is 0 Å². The number of nitrogens with zero attached hydrogens (tertiary/aromatic N) is 1. The summed E-state index contributed by atoms with van der Waals surface area (Å²) >= 11 is 0. The molecule has 124 valence electrons. The molecule has 0 aliphatic rings. The number of hydrazone groups is 1. The standard InChI is InChI=1S/C18H19N3O3/c1-13(20-18(23)15-8-4-3-5-9-15)17(22)21-19-12-14-7-6-10-16(11-14)24-2/h3-13H,1-2H3,(H,20,23)(H,21,22)/b19-12-/t13-/m0/s1. The van der Waals surface area contributed by atoms with Crippen molar-refractivity contribution in [2.75, 3.05) is 7.11 Å². The molecule has 2 N–H and O–H groups in total. The Morgan fingerprint density at radius 2 is 1.88 bits per heavy atom. The van der Waals surface area contributed by atoms with Gasteiger partial charge in [0.2, 0.25) is 0 Å². The number of carbonyl (C=O) groups excluding carboxylic acids is 2. The van der Waals surface area contributed by atoms with E-state index in [9.17, 15) is 9.59 Å². The fraction of sp³-hybridized carbons (Fsp3) is 0.167. The molecule has 0 spiro atoms. The van der Waals surface area contributed by atoms with Gasteiger partial charge < -0.3 is 10.1 Å². The molecular formula is C18H19N3O3. The molecule has 2 aromatic rings. The van der Waals surface area contributed by atoms with Crippen molar-refractivity contribution in [3.63, 3.8) is 0 Å². The van der Waals surface area contributed by atoms with Crippen LogP contribution in [0.25, 0.3) is 0 Å². The molecule has 0 fully saturated rings. The Morgan fingerprint density at radius 3 is 2.58 bits per heavy atom. The van der Waals surface area contributed by atoms with Gasteiger partial charge in [0, 0.05) is 5.56 Å². The van der Waals surface area contributed by atoms with Gasteiger partial charge >= 0.3 is 0 Å². The lowest BCUT2D eigenvalue weighted by Gasteiger charge is -2.12. The van der Waals surface area contributed by atoms with Gasteiger partial charge in [-0.1, -0.05) is 30.3 Å². The van der Waals surface area contributed by atoms with Crippen molar-refractivity contribution in [3.8, 4) is 5.75 Å². The second kappa shape index (κ2) is 8.47. The van der Waals surface area contributed by atoms with Crippen LogP contribution in [0, 0.1) is 0 Å². The molecule has 0 unspecified atom stereocenters. The predicted octanol–water partition coefficient (Wildman–Crippen LogP) is 1.96. The van der Waals surface area contributed by atoms with E-state index in [0.717, 1.165) is 5.56 Å². The van der Waals surface area contributed by atoms with Gasteiger partial charge in [0.1, 0.15) is 11.8 Å². The second-order valence-corrected chi connectivity index (χ2v) is 5.07. The molecule has 0 heterocycles. The maximum absolute atomic E-state index is 12.0. The third kappa shape index (κ3) is 4.95. The first-order valence-corrected chi connectivity index (χ1v) is 7.43. The van der Waals surface area contributed by atoms with Crippen molar-refractivity contribution in [2.24, 2.45) is 5.10 Å². The number of hydrogen-bond donors (Lipinski definition) is 2. The summed E-state index contributed by atoms with van der Waals surface area (Å²) in [6.07, 6.45) is 1.51. The molecule has 6 nitrogen and oxygen atoms in total. The molecular weight excluding hydrogens is 306 g/mol. The minimum absolute atomic E-state index is 0.310. The highest BCUT2D eigenvalue weighted by atomic mass is 16.5. The maximum atomic E-state index is 12.0. The van der Waals surface area contributed by atoms with Crippen LogP contribution in [-0.2, 0) is 4.79 Å². The highest BCUT2D eigenvalue weighted by molar-refractivity contribution is 5.97. The van der Waals surface area contributed by atoms with Gasteiger partial charge in [-0.3, -0.25) is 9.59 Å². The van der Waals surface area contributed by atoms with Gasteiger partial charge in [-0.05, 0) is 36.8 Å². The highest BCUT2D eigenvalue weighted by Crippen LogP contribution is 2.10. The zero-order valence-electron chi connectivity index (χ0n) is 13.5. The number of nitrogens with one attached hydrogen (secondary N) is 2. The average molecular weight is 325 g/mol. The zero-order chi connectivity index (χ0) is 17.4. The van der Waals surface area contributed by atoms with Gasteiger partial charge in [-0.2, -0.15) is 5.10 Å². The van der Waals surface area contributed by atoms with Crippen LogP contribution < -0.4 is 15.5 Å². The van der Waals surface area contributed by atoms with Crippen molar-refractivity contribution < 1.29 is 14.3 Å². The van der Waals surface area contributed by atoms with E-state index in [0.29, 0.717) is 11.3 Å². The summed E-state index contributed by atoms with van der Waals surface area (Å²) in [5, 5.41) is 6.50. The molecule has 0 aromatic heterocycles. The Labute approximate surface area is 140 Å². The quantitative estimate of drug-likeness (QED) is 0.629. The molecule has 0 saturated carbocycles. The normalized spacial score (nSPS) is 11.8. The molecule has 0 aliphatic carbocycles. The molecule has 0 aliphatic heterocycles. The first kappa shape index (κ1) is 17.2. The number of benzene rings is 2. The van der Waals surface area contributed by atoms with Gasteiger partial charge in [0.05, 0.1) is 13.3 Å². The fourth-order valence-corrected chi connectivity index (χ4v) is 1.92. The van der Waals surface area contributed by atoms with Crippen LogP contribution in [-0.4, -0.2) is 31.2 Å². The minimum Gasteiger partial charge on any atom is -0.497 e. The van der Waals surface area contributed by atoms with Crippen molar-refractivity contribution in [3.05, 3.63) is 65.7 Å². The van der Waals surface area contributed by atoms with Crippen LogP contribution >= 0.6 is 0 Å². The SMILES string of the molecule is COc1cccc(/C=N\NC(=O)[C@H](C)NC(=O)c2ccccc2)c1. The lowest BCUT2D eigenvalue weighted by atomic mass is 10.2. The monoisotopic (exact) mass is 325 g/mol. The Morgan fingerprint density at radius 1 is 1.12 bits per heavy atom. The van der Waals surface area contributed by atoms with E-state index in [4.69, 9.17) is 4.74 Å². The number of carbonyl (C=O) groups is 2. The summed E-state index contributed by atoms with van der Waals surface area (Å²) in [5.74, 6) is -0.0118. The van der Waals surface area contributed by atoms with E-state index in [2.05, 4.69) is 15.8 Å². The Kier molecular flexibility index (Phi) is 6.08. The number of amides is 2. The molecule has 2 amide bonds. The number of methoxy groups -OCH3 is 1. The summed E-state index contributed by atoms with van der Waals surface area (Å²) in [7, 11) is 1.58. The van der Waals surface area contributed by atoms with Crippen LogP contribution in [0.5, 0.6) is 5.75 Å². The lowest BCUT2D eigenvalue weighted by Crippen LogP contribution is -2.43. The van der Waals surface area contributed by atoms with E-state index in [1.165, 1.54) is 6.21 Å². The van der Waals surface area contributed by atoms with E-state index in [1.807, 2.05) is 24.3 Å². The van der Waals surface area contributed by atoms with Crippen LogP contribution in [0.2, 0.25) is 0 Å². The molecule has 2 aromatic carbocycles. The van der Waals surface area contributed by atoms with Gasteiger partial charge in [0.15, 0.2) is 0 Å². The first-order chi connectivity index (χ1) is 11.6. The van der Waals surface area contributed by atoms with E-state index < -0.39 is 11.9 Å². The number of ether oxygens (including phenoxy) is 1. The molecule has 0 bridgehead atoms. The van der Waals surface area contributed by atoms with Gasteiger partial charge in [0.25, 0.3) is 11.8 Å². The maximum Gasteiger partial charge on any atom is 0.262 e. The second-order valence-electron chi connectivity index (χ2n) is 5.07. The van der Waals surface area contributed by atoms with Gasteiger partial charge in [-0.15, -0.1) is 0 Å². The molecule has 0 radical (unpaired) electrons. The Balaban J connectivity index is 1.87. The topological polar surface area (TPSA) is 79.8 Å². The predicted molar refractivity (Wildman–Crippen MR) is 92.1 cm³/mol. The third-order valence-corrected chi connectivity index (χ3v) is 3.26. The molecule has 24 heavy (non-hydrogen) atoms. The summed E-state index contributed by atoms with van der Waals surface area (Å²) in [6.45, 7) is 1.59. The Bertz CT molecular complexity index is 729. The summed E-state index contributed by atoms with van der Waals surface area (Å²) in [4.78, 5) is 23.9. The van der Waals surface area contributed by atoms with Crippen molar-refractivity contribution in [1.82, 2.24) is 10.7 Å². The highest BCUT2D eigenvalue weighted by Gasteiger charge is 2.15. The van der Waals surface area contributed by atoms with E-state index >= 15 is 0 Å². The van der Waals surface area contributed by atoms with Crippen LogP contribution in [0.1, 0.15) is 22.8 Å². The Hall–Kier alpha value is -3.15. The van der Waals surface area contributed by atoms with Gasteiger partial charge in [-0.25, -0.2) is 5.43 Å². The van der Waals surface area contributed by atoms with Crippen LogP contribution in [0.3, 0.4) is 0 Å². The number of hydrogen-bond acceptors (Lipinski definition) is 4. The minimum atomic E-state index is -0.708. The summed E-state index contributed by atoms with van der Waals surface area (Å²) in [6, 6.07) is 15.3. The first-order valence-electron chi connectivity index (χ1n) is 7.43. The fourth-order valence-electron chi connectivity index (χ4n) is 1.92. The summed E-state index contributed by atoms with van der Waals surface area (Å²) < 4.78 is 5.11. The largest absolute Gasteiger partial charge is 0.497 e. The smallest absolute Gasteiger partial charge is 0.262 e. The van der Waals surface area contributed by atoms with E-state index in [-0.39, 0.29) is 5.91 Å². The van der Waals surface area contributed by atoms with Crippen LogP contribution in [0.4, 0.5) is 0 Å². The van der Waals surface area contributed by atoms with Crippen LogP contribution in [0.15, 0.2) is 59.7 Å². The lowest BCUT2D eigenvalue weighted by molar-refractivity contribution is -0.122. The zero-order valence-corrected chi connectivity index (χ0v) is 13.5. The molecule has 0 saturated heterocycles. The van der Waals surface area contributed by atoms with E-state index in [1.54, 1.807) is 44.4 Å². The molecule has 1 atom stereocenters. The third-order valence-electron chi connectivity index (χ3n) is 3.26.